The first kappa shape index (κ1) is 29.2. The number of rotatable bonds is 4. The Balaban J connectivity index is 0.000000177. The predicted molar refractivity (Wildman–Crippen MR) is 165 cm³/mol. The van der Waals surface area contributed by atoms with Crippen LogP contribution in [0.15, 0.2) is 91.0 Å². The second-order valence-electron chi connectivity index (χ2n) is 9.93. The van der Waals surface area contributed by atoms with Gasteiger partial charge in [-0.05, 0) is 36.8 Å². The summed E-state index contributed by atoms with van der Waals surface area (Å²) in [6, 6.07) is 36.3. The molecule has 0 amide bonds. The van der Waals surface area contributed by atoms with Crippen molar-refractivity contribution in [1.29, 1.82) is 0 Å². The SMILES string of the molecule is CCc1ccc2[cH-]c(CC(C)C)cc2c1-c1ccccc1C.[Cl][Zr+2][Cl].[c-]1cccc2c1[Si]c1ccccc1-2. The molecule has 0 saturated heterocycles. The van der Waals surface area contributed by atoms with E-state index in [0.717, 1.165) is 22.4 Å². The molecule has 0 fully saturated rings. The van der Waals surface area contributed by atoms with Gasteiger partial charge in [0.25, 0.3) is 0 Å². The van der Waals surface area contributed by atoms with Crippen molar-refractivity contribution in [2.75, 3.05) is 0 Å². The van der Waals surface area contributed by atoms with Crippen LogP contribution in [0.3, 0.4) is 0 Å². The number of hydrogen-bond acceptors (Lipinski definition) is 0. The van der Waals surface area contributed by atoms with E-state index < -0.39 is 20.8 Å². The molecule has 1 aliphatic heterocycles. The summed E-state index contributed by atoms with van der Waals surface area (Å²) in [4.78, 5) is 0. The Kier molecular flexibility index (Phi) is 10.7. The monoisotopic (exact) mass is 628 g/mol. The van der Waals surface area contributed by atoms with Crippen molar-refractivity contribution in [1.82, 2.24) is 0 Å². The second-order valence-corrected chi connectivity index (χ2v) is 15.0. The normalized spacial score (nSPS) is 11.1. The Morgan fingerprint density at radius 1 is 0.895 bits per heavy atom. The Hall–Kier alpha value is -1.83. The zero-order valence-corrected chi connectivity index (χ0v) is 27.4. The fourth-order valence-corrected chi connectivity index (χ4v) is 6.48. The topological polar surface area (TPSA) is 0 Å². The summed E-state index contributed by atoms with van der Waals surface area (Å²) in [5.41, 5.74) is 9.86. The van der Waals surface area contributed by atoms with Crippen LogP contribution in [0.1, 0.15) is 37.5 Å². The summed E-state index contributed by atoms with van der Waals surface area (Å²) in [7, 11) is 10.7. The fraction of sp³-hybridized carbons (Fsp3) is 0.206. The van der Waals surface area contributed by atoms with Crippen LogP contribution in [-0.4, -0.2) is 9.52 Å². The van der Waals surface area contributed by atoms with Gasteiger partial charge in [-0.3, -0.25) is 0 Å². The molecule has 0 atom stereocenters. The summed E-state index contributed by atoms with van der Waals surface area (Å²) in [5, 5.41) is 5.62. The Bertz CT molecular complexity index is 1460. The molecule has 0 nitrogen and oxygen atoms in total. The quantitative estimate of drug-likeness (QED) is 0.135. The third-order valence-electron chi connectivity index (χ3n) is 6.81. The molecule has 0 saturated carbocycles. The molecular formula is C34H32Cl2SiZr. The molecule has 190 valence electrons. The largest absolute Gasteiger partial charge is 0.184 e. The van der Waals surface area contributed by atoms with Crippen molar-refractivity contribution < 1.29 is 20.8 Å². The third kappa shape index (κ3) is 6.83. The Labute approximate surface area is 249 Å². The summed E-state index contributed by atoms with van der Waals surface area (Å²) < 4.78 is 0. The first-order valence-electron chi connectivity index (χ1n) is 13.1. The van der Waals surface area contributed by atoms with E-state index in [-0.39, 0.29) is 0 Å². The summed E-state index contributed by atoms with van der Waals surface area (Å²) >= 11 is -0.826. The molecule has 5 aromatic carbocycles. The number of benzene rings is 4. The van der Waals surface area contributed by atoms with Crippen LogP contribution in [0.25, 0.3) is 33.0 Å². The average molecular weight is 631 g/mol. The molecule has 0 aliphatic carbocycles. The van der Waals surface area contributed by atoms with E-state index in [4.69, 9.17) is 17.0 Å². The summed E-state index contributed by atoms with van der Waals surface area (Å²) in [6.45, 7) is 9.04. The average Bonchev–Trinajstić information content (AvgIpc) is 3.50. The molecule has 0 spiro atoms. The minimum Gasteiger partial charge on any atom is -0.184 e. The van der Waals surface area contributed by atoms with E-state index >= 15 is 0 Å². The van der Waals surface area contributed by atoms with Crippen molar-refractivity contribution in [2.45, 2.75) is 40.5 Å². The van der Waals surface area contributed by atoms with Crippen LogP contribution in [0, 0.1) is 18.9 Å². The summed E-state index contributed by atoms with van der Waals surface area (Å²) in [5.74, 6) is 0.698. The van der Waals surface area contributed by atoms with Gasteiger partial charge in [-0.2, -0.15) is 35.5 Å². The summed E-state index contributed by atoms with van der Waals surface area (Å²) in [6.07, 6.45) is 2.23. The Morgan fingerprint density at radius 3 is 2.29 bits per heavy atom. The van der Waals surface area contributed by atoms with E-state index in [2.05, 4.69) is 119 Å². The van der Waals surface area contributed by atoms with Crippen LogP contribution < -0.4 is 10.4 Å². The molecular weight excluding hydrogens is 599 g/mol. The van der Waals surface area contributed by atoms with Crippen LogP contribution in [0.2, 0.25) is 0 Å². The van der Waals surface area contributed by atoms with Crippen molar-refractivity contribution in [3.05, 3.63) is 114 Å². The molecule has 0 N–H and O–H groups in total. The molecule has 1 heterocycles. The molecule has 5 aromatic rings. The predicted octanol–water partition coefficient (Wildman–Crippen LogP) is 8.79. The maximum Gasteiger partial charge on any atom is 0.0920 e. The first-order chi connectivity index (χ1) is 18.5. The van der Waals surface area contributed by atoms with Crippen molar-refractivity contribution in [2.24, 2.45) is 5.92 Å². The van der Waals surface area contributed by atoms with Crippen LogP contribution in [0.4, 0.5) is 0 Å². The van der Waals surface area contributed by atoms with Crippen LogP contribution in [-0.2, 0) is 33.7 Å². The second kappa shape index (κ2) is 14.0. The van der Waals surface area contributed by atoms with E-state index in [9.17, 15) is 0 Å². The van der Waals surface area contributed by atoms with Gasteiger partial charge < -0.3 is 0 Å². The van der Waals surface area contributed by atoms with E-state index in [0.29, 0.717) is 5.92 Å². The van der Waals surface area contributed by atoms with Gasteiger partial charge in [-0.15, -0.1) is 40.1 Å². The zero-order valence-electron chi connectivity index (χ0n) is 22.4. The maximum atomic E-state index is 4.93. The van der Waals surface area contributed by atoms with Gasteiger partial charge in [0.1, 0.15) is 0 Å². The fourth-order valence-electron chi connectivity index (χ4n) is 5.17. The van der Waals surface area contributed by atoms with E-state index in [1.807, 2.05) is 6.07 Å². The molecule has 4 heteroatoms. The molecule has 38 heavy (non-hydrogen) atoms. The molecule has 6 rings (SSSR count). The van der Waals surface area contributed by atoms with Crippen molar-refractivity contribution in [3.8, 4) is 22.3 Å². The van der Waals surface area contributed by atoms with E-state index in [1.54, 1.807) is 0 Å². The number of aryl methyl sites for hydroxylation is 2. The minimum absolute atomic E-state index is 0.698. The van der Waals surface area contributed by atoms with Crippen LogP contribution in [0.5, 0.6) is 0 Å². The van der Waals surface area contributed by atoms with E-state index in [1.165, 1.54) is 60.1 Å². The molecule has 0 bridgehead atoms. The van der Waals surface area contributed by atoms with Gasteiger partial charge in [0.2, 0.25) is 0 Å². The smallest absolute Gasteiger partial charge is 0.0920 e. The maximum absolute atomic E-state index is 4.93. The minimum atomic E-state index is -0.826. The van der Waals surface area contributed by atoms with Gasteiger partial charge in [0, 0.05) is 0 Å². The molecule has 2 radical (unpaired) electrons. The number of fused-ring (bicyclic) bond motifs is 4. The molecule has 0 aromatic heterocycles. The molecule has 1 aliphatic rings. The third-order valence-corrected chi connectivity index (χ3v) is 8.18. The van der Waals surface area contributed by atoms with Gasteiger partial charge in [0.15, 0.2) is 0 Å². The van der Waals surface area contributed by atoms with Gasteiger partial charge in [-0.1, -0.05) is 91.2 Å². The zero-order chi connectivity index (χ0) is 27.1. The van der Waals surface area contributed by atoms with Gasteiger partial charge >= 0.3 is 37.9 Å². The van der Waals surface area contributed by atoms with Gasteiger partial charge in [-0.25, -0.2) is 0 Å². The van der Waals surface area contributed by atoms with Crippen molar-refractivity contribution >= 4 is 47.7 Å². The number of halogens is 2. The first-order valence-corrected chi connectivity index (χ1v) is 20.4. The van der Waals surface area contributed by atoms with Crippen LogP contribution >= 0.6 is 17.0 Å². The Morgan fingerprint density at radius 2 is 1.58 bits per heavy atom. The number of hydrogen-bond donors (Lipinski definition) is 0. The standard InChI is InChI=1S/C22H25.C12H7Si.2ClH.Zr/c1-5-18-10-11-19-13-17(12-15(2)3)14-21(19)22(18)20-9-7-6-8-16(20)4;1-3-7-11-9(5-1)10-6-2-4-8-12(10)13-11;;;/h6-11,13-15H,5,12H2,1-4H3;1-7H;2*1H;/q2*-1;;;+4/p-2. The molecule has 0 unspecified atom stereocenters. The van der Waals surface area contributed by atoms with Crippen molar-refractivity contribution in [3.63, 3.8) is 0 Å². The van der Waals surface area contributed by atoms with Gasteiger partial charge in [0.05, 0.1) is 9.52 Å².